The standard InChI is InChI=1S/C14H12BrN5O3/c1-7-12(13(22)19-18-7)17-11(21)5-20-6-16-10-3-2-8(15)4-9(10)14(20)23/h2-4,6H,5H2,1H3,(H,17,21)(H2,18,19,22). The molecule has 0 aliphatic carbocycles. The molecule has 23 heavy (non-hydrogen) atoms. The molecule has 3 rings (SSSR count). The molecule has 1 aromatic carbocycles. The first kappa shape index (κ1) is 15.2. The van der Waals surface area contributed by atoms with E-state index in [2.05, 4.69) is 36.4 Å². The number of rotatable bonds is 3. The predicted octanol–water partition coefficient (Wildman–Crippen LogP) is 1.12. The van der Waals surface area contributed by atoms with Crippen LogP contribution in [-0.2, 0) is 11.3 Å². The normalized spacial score (nSPS) is 10.9. The molecule has 0 spiro atoms. The molecular formula is C14H12BrN5O3. The Morgan fingerprint density at radius 3 is 2.83 bits per heavy atom. The van der Waals surface area contributed by atoms with Crippen molar-refractivity contribution < 1.29 is 4.79 Å². The maximum Gasteiger partial charge on any atom is 0.287 e. The molecule has 1 amide bonds. The molecule has 8 nitrogen and oxygen atoms in total. The molecule has 3 aromatic rings. The Bertz CT molecular complexity index is 1020. The van der Waals surface area contributed by atoms with E-state index < -0.39 is 11.5 Å². The number of hydrogen-bond donors (Lipinski definition) is 3. The summed E-state index contributed by atoms with van der Waals surface area (Å²) in [4.78, 5) is 40.1. The highest BCUT2D eigenvalue weighted by Crippen LogP contribution is 2.14. The quantitative estimate of drug-likeness (QED) is 0.634. The Morgan fingerprint density at radius 2 is 2.13 bits per heavy atom. The second kappa shape index (κ2) is 5.84. The van der Waals surface area contributed by atoms with E-state index in [0.717, 1.165) is 4.47 Å². The number of anilines is 1. The van der Waals surface area contributed by atoms with Crippen LogP contribution in [0.15, 0.2) is 38.6 Å². The number of hydrogen-bond acceptors (Lipinski definition) is 4. The van der Waals surface area contributed by atoms with Crippen molar-refractivity contribution in [3.05, 3.63) is 55.4 Å². The highest BCUT2D eigenvalue weighted by molar-refractivity contribution is 9.10. The average Bonchev–Trinajstić information content (AvgIpc) is 2.82. The fourth-order valence-electron chi connectivity index (χ4n) is 2.17. The zero-order valence-electron chi connectivity index (χ0n) is 12.0. The van der Waals surface area contributed by atoms with E-state index in [-0.39, 0.29) is 17.8 Å². The molecule has 2 heterocycles. The summed E-state index contributed by atoms with van der Waals surface area (Å²) < 4.78 is 1.95. The third-order valence-electron chi connectivity index (χ3n) is 3.33. The lowest BCUT2D eigenvalue weighted by atomic mass is 10.2. The first-order chi connectivity index (χ1) is 11.0. The molecule has 0 atom stereocenters. The largest absolute Gasteiger partial charge is 0.318 e. The van der Waals surface area contributed by atoms with Gasteiger partial charge < -0.3 is 10.4 Å². The lowest BCUT2D eigenvalue weighted by Crippen LogP contribution is -2.29. The molecule has 0 fully saturated rings. The minimum absolute atomic E-state index is 0.138. The van der Waals surface area contributed by atoms with Crippen LogP contribution in [0, 0.1) is 6.92 Å². The van der Waals surface area contributed by atoms with Gasteiger partial charge in [-0.15, -0.1) is 0 Å². The summed E-state index contributed by atoms with van der Waals surface area (Å²) in [6.45, 7) is 1.41. The smallest absolute Gasteiger partial charge is 0.287 e. The van der Waals surface area contributed by atoms with Gasteiger partial charge in [0.25, 0.3) is 11.1 Å². The van der Waals surface area contributed by atoms with Crippen molar-refractivity contribution in [2.45, 2.75) is 13.5 Å². The summed E-state index contributed by atoms with van der Waals surface area (Å²) in [6, 6.07) is 5.15. The number of benzene rings is 1. The molecular weight excluding hydrogens is 366 g/mol. The molecule has 0 bridgehead atoms. The lowest BCUT2D eigenvalue weighted by molar-refractivity contribution is -0.116. The summed E-state index contributed by atoms with van der Waals surface area (Å²) in [5.41, 5.74) is 0.443. The number of carbonyl (C=O) groups excluding carboxylic acids is 1. The maximum absolute atomic E-state index is 12.4. The summed E-state index contributed by atoms with van der Waals surface area (Å²) in [7, 11) is 0. The number of halogens is 1. The van der Waals surface area contributed by atoms with Gasteiger partial charge in [0, 0.05) is 4.47 Å². The highest BCUT2D eigenvalue weighted by atomic mass is 79.9. The van der Waals surface area contributed by atoms with E-state index >= 15 is 0 Å². The molecule has 3 N–H and O–H groups in total. The number of fused-ring (bicyclic) bond motifs is 1. The van der Waals surface area contributed by atoms with Gasteiger partial charge in [0.2, 0.25) is 5.91 Å². The monoisotopic (exact) mass is 377 g/mol. The highest BCUT2D eigenvalue weighted by Gasteiger charge is 2.12. The average molecular weight is 378 g/mol. The van der Waals surface area contributed by atoms with Crippen LogP contribution in [0.3, 0.4) is 0 Å². The minimum atomic E-state index is -0.489. The van der Waals surface area contributed by atoms with E-state index in [0.29, 0.717) is 16.6 Å². The minimum Gasteiger partial charge on any atom is -0.318 e. The lowest BCUT2D eigenvalue weighted by Gasteiger charge is -2.07. The van der Waals surface area contributed by atoms with Gasteiger partial charge in [-0.1, -0.05) is 15.9 Å². The molecule has 118 valence electrons. The van der Waals surface area contributed by atoms with Gasteiger partial charge in [-0.05, 0) is 25.1 Å². The van der Waals surface area contributed by atoms with Gasteiger partial charge in [-0.25, -0.2) is 4.98 Å². The Balaban J connectivity index is 1.89. The molecule has 2 aromatic heterocycles. The van der Waals surface area contributed by atoms with Crippen molar-refractivity contribution in [2.75, 3.05) is 5.32 Å². The van der Waals surface area contributed by atoms with Crippen molar-refractivity contribution in [3.8, 4) is 0 Å². The summed E-state index contributed by atoms with van der Waals surface area (Å²) in [5, 5.41) is 7.87. The Morgan fingerprint density at radius 1 is 1.35 bits per heavy atom. The number of aromatic amines is 2. The molecule has 9 heteroatoms. The van der Waals surface area contributed by atoms with Crippen molar-refractivity contribution in [1.29, 1.82) is 0 Å². The second-order valence-corrected chi connectivity index (χ2v) is 5.88. The van der Waals surface area contributed by atoms with Crippen LogP contribution in [0.5, 0.6) is 0 Å². The maximum atomic E-state index is 12.4. The molecule has 0 saturated heterocycles. The number of nitrogens with one attached hydrogen (secondary N) is 3. The zero-order chi connectivity index (χ0) is 16.6. The fraction of sp³-hybridized carbons (Fsp3) is 0.143. The summed E-state index contributed by atoms with van der Waals surface area (Å²) in [6.07, 6.45) is 1.31. The topological polar surface area (TPSA) is 113 Å². The predicted molar refractivity (Wildman–Crippen MR) is 88.5 cm³/mol. The van der Waals surface area contributed by atoms with Crippen LogP contribution in [-0.4, -0.2) is 25.7 Å². The van der Waals surface area contributed by atoms with Crippen LogP contribution in [0.25, 0.3) is 10.9 Å². The van der Waals surface area contributed by atoms with Crippen molar-refractivity contribution >= 4 is 38.4 Å². The summed E-state index contributed by atoms with van der Waals surface area (Å²) >= 11 is 3.30. The third-order valence-corrected chi connectivity index (χ3v) is 3.82. The van der Waals surface area contributed by atoms with Gasteiger partial charge in [-0.2, -0.15) is 0 Å². The van der Waals surface area contributed by atoms with E-state index in [1.54, 1.807) is 25.1 Å². The molecule has 0 aliphatic rings. The summed E-state index contributed by atoms with van der Waals surface area (Å²) in [5.74, 6) is -0.489. The molecule has 0 radical (unpaired) electrons. The number of aryl methyl sites for hydroxylation is 1. The van der Waals surface area contributed by atoms with Crippen LogP contribution >= 0.6 is 15.9 Å². The number of carbonyl (C=O) groups is 1. The van der Waals surface area contributed by atoms with Crippen LogP contribution in [0.2, 0.25) is 0 Å². The molecule has 0 unspecified atom stereocenters. The zero-order valence-corrected chi connectivity index (χ0v) is 13.6. The SMILES string of the molecule is Cc1[nH][nH]c(=O)c1NC(=O)Cn1cnc2ccc(Br)cc2c1=O. The number of nitrogens with zero attached hydrogens (tertiary/aromatic N) is 2. The van der Waals surface area contributed by atoms with Gasteiger partial charge in [-0.3, -0.25) is 24.0 Å². The van der Waals surface area contributed by atoms with Crippen LogP contribution < -0.4 is 16.4 Å². The molecule has 0 saturated carbocycles. The van der Waals surface area contributed by atoms with E-state index in [1.165, 1.54) is 10.9 Å². The van der Waals surface area contributed by atoms with Gasteiger partial charge in [0.05, 0.1) is 22.9 Å². The van der Waals surface area contributed by atoms with Crippen molar-refractivity contribution in [1.82, 2.24) is 19.7 Å². The Hall–Kier alpha value is -2.68. The van der Waals surface area contributed by atoms with Crippen molar-refractivity contribution in [3.63, 3.8) is 0 Å². The van der Waals surface area contributed by atoms with Gasteiger partial charge in [0.15, 0.2) is 0 Å². The Labute approximate surface area is 137 Å². The first-order valence-corrected chi connectivity index (χ1v) is 7.47. The van der Waals surface area contributed by atoms with Crippen LogP contribution in [0.1, 0.15) is 5.69 Å². The third kappa shape index (κ3) is 2.95. The fourth-order valence-corrected chi connectivity index (χ4v) is 2.53. The van der Waals surface area contributed by atoms with E-state index in [9.17, 15) is 14.4 Å². The van der Waals surface area contributed by atoms with E-state index in [1.807, 2.05) is 0 Å². The van der Waals surface area contributed by atoms with Crippen molar-refractivity contribution in [2.24, 2.45) is 0 Å². The van der Waals surface area contributed by atoms with E-state index in [4.69, 9.17) is 0 Å². The number of H-pyrrole nitrogens is 2. The number of aromatic nitrogens is 4. The number of amides is 1. The Kier molecular flexibility index (Phi) is 3.87. The molecule has 0 aliphatic heterocycles. The van der Waals surface area contributed by atoms with Gasteiger partial charge in [0.1, 0.15) is 12.2 Å². The second-order valence-electron chi connectivity index (χ2n) is 4.97. The first-order valence-electron chi connectivity index (χ1n) is 6.67. The van der Waals surface area contributed by atoms with Gasteiger partial charge >= 0.3 is 0 Å². The van der Waals surface area contributed by atoms with Crippen LogP contribution in [0.4, 0.5) is 5.69 Å².